The molecule has 0 aromatic heterocycles. The molecule has 0 fully saturated rings. The van der Waals surface area contributed by atoms with Crippen LogP contribution in [0, 0.1) is 5.82 Å². The number of hydrogen-bond acceptors (Lipinski definition) is 3. The van der Waals surface area contributed by atoms with Crippen LogP contribution >= 0.6 is 0 Å². The van der Waals surface area contributed by atoms with Crippen LogP contribution in [-0.4, -0.2) is 39.2 Å². The molecule has 102 valence electrons. The molecule has 0 amide bonds. The molecule has 0 aliphatic rings. The summed E-state index contributed by atoms with van der Waals surface area (Å²) in [7, 11) is 5.92. The van der Waals surface area contributed by atoms with Crippen molar-refractivity contribution in [2.24, 2.45) is 0 Å². The molecule has 0 spiro atoms. The van der Waals surface area contributed by atoms with Crippen LogP contribution in [-0.2, 0) is 0 Å². The molecule has 0 radical (unpaired) electrons. The Morgan fingerprint density at radius 3 is 2.72 bits per heavy atom. The molecule has 3 nitrogen and oxygen atoms in total. The maximum atomic E-state index is 13.2. The molecule has 18 heavy (non-hydrogen) atoms. The van der Waals surface area contributed by atoms with Gasteiger partial charge < -0.3 is 15.0 Å². The van der Waals surface area contributed by atoms with Crippen LogP contribution in [0.4, 0.5) is 4.39 Å². The maximum Gasteiger partial charge on any atom is 0.124 e. The highest BCUT2D eigenvalue weighted by Crippen LogP contribution is 2.25. The van der Waals surface area contributed by atoms with Crippen molar-refractivity contribution < 1.29 is 9.13 Å². The zero-order valence-electron chi connectivity index (χ0n) is 11.7. The van der Waals surface area contributed by atoms with Crippen LogP contribution in [0.25, 0.3) is 0 Å². The molecule has 0 saturated heterocycles. The molecular weight excluding hydrogens is 231 g/mol. The summed E-state index contributed by atoms with van der Waals surface area (Å²) in [6.07, 6.45) is 0.956. The van der Waals surface area contributed by atoms with Crippen LogP contribution in [0.5, 0.6) is 5.75 Å². The van der Waals surface area contributed by atoms with E-state index in [0.717, 1.165) is 24.3 Å². The average Bonchev–Trinajstić information content (AvgIpc) is 2.34. The Balaban J connectivity index is 2.63. The largest absolute Gasteiger partial charge is 0.493 e. The fraction of sp³-hybridized carbons (Fsp3) is 0.571. The van der Waals surface area contributed by atoms with E-state index in [9.17, 15) is 4.39 Å². The first kappa shape index (κ1) is 14.9. The number of hydrogen-bond donors (Lipinski definition) is 1. The maximum absolute atomic E-state index is 13.2. The smallest absolute Gasteiger partial charge is 0.124 e. The predicted molar refractivity (Wildman–Crippen MR) is 72.5 cm³/mol. The normalized spacial score (nSPS) is 12.8. The van der Waals surface area contributed by atoms with Crippen molar-refractivity contribution in [3.8, 4) is 5.75 Å². The molecule has 0 aliphatic heterocycles. The van der Waals surface area contributed by atoms with Crippen molar-refractivity contribution >= 4 is 0 Å². The van der Waals surface area contributed by atoms with Gasteiger partial charge in [-0.05, 0) is 52.7 Å². The van der Waals surface area contributed by atoms with E-state index >= 15 is 0 Å². The first-order valence-electron chi connectivity index (χ1n) is 6.29. The van der Waals surface area contributed by atoms with Crippen LogP contribution in [0.15, 0.2) is 18.2 Å². The quantitative estimate of drug-likeness (QED) is 0.756. The van der Waals surface area contributed by atoms with E-state index in [0.29, 0.717) is 6.61 Å². The van der Waals surface area contributed by atoms with Crippen molar-refractivity contribution in [1.29, 1.82) is 0 Å². The molecule has 0 bridgehead atoms. The van der Waals surface area contributed by atoms with Gasteiger partial charge in [0.1, 0.15) is 11.6 Å². The van der Waals surface area contributed by atoms with E-state index in [1.54, 1.807) is 6.07 Å². The van der Waals surface area contributed by atoms with Crippen molar-refractivity contribution in [2.75, 3.05) is 34.3 Å². The third kappa shape index (κ3) is 4.63. The number of nitrogens with zero attached hydrogens (tertiary/aromatic N) is 1. The second kappa shape index (κ2) is 7.34. The summed E-state index contributed by atoms with van der Waals surface area (Å²) < 4.78 is 19.0. The van der Waals surface area contributed by atoms with Gasteiger partial charge in [0.15, 0.2) is 0 Å². The lowest BCUT2D eigenvalue weighted by molar-refractivity contribution is 0.277. The number of ether oxygens (including phenoxy) is 1. The van der Waals surface area contributed by atoms with Gasteiger partial charge in [-0.2, -0.15) is 0 Å². The minimum absolute atomic E-state index is 0.0737. The van der Waals surface area contributed by atoms with Crippen LogP contribution < -0.4 is 10.1 Å². The third-order valence-corrected chi connectivity index (χ3v) is 2.88. The monoisotopic (exact) mass is 254 g/mol. The zero-order valence-corrected chi connectivity index (χ0v) is 11.7. The Labute approximate surface area is 109 Å². The summed E-state index contributed by atoms with van der Waals surface area (Å²) >= 11 is 0. The van der Waals surface area contributed by atoms with Gasteiger partial charge in [-0.15, -0.1) is 0 Å². The summed E-state index contributed by atoms with van der Waals surface area (Å²) in [5.41, 5.74) is 0.863. The molecule has 0 heterocycles. The lowest BCUT2D eigenvalue weighted by Crippen LogP contribution is -2.17. The Morgan fingerprint density at radius 2 is 2.11 bits per heavy atom. The Hall–Kier alpha value is -1.13. The molecule has 1 rings (SSSR count). The van der Waals surface area contributed by atoms with Gasteiger partial charge in [0.05, 0.1) is 6.61 Å². The van der Waals surface area contributed by atoms with Crippen molar-refractivity contribution in [3.63, 3.8) is 0 Å². The number of benzene rings is 1. The SMILES string of the molecule is CNC(C)c1cc(F)ccc1OCCCN(C)C. The summed E-state index contributed by atoms with van der Waals surface area (Å²) in [4.78, 5) is 2.12. The topological polar surface area (TPSA) is 24.5 Å². The van der Waals surface area contributed by atoms with Gasteiger partial charge in [-0.1, -0.05) is 0 Å². The molecule has 1 aromatic rings. The van der Waals surface area contributed by atoms with Gasteiger partial charge in [0.2, 0.25) is 0 Å². The van der Waals surface area contributed by atoms with E-state index in [1.165, 1.54) is 12.1 Å². The standard InChI is InChI=1S/C14H23FN2O/c1-11(16-2)13-10-12(15)6-7-14(13)18-9-5-8-17(3)4/h6-7,10-11,16H,5,8-9H2,1-4H3. The van der Waals surface area contributed by atoms with Gasteiger partial charge in [-0.25, -0.2) is 4.39 Å². The van der Waals surface area contributed by atoms with Gasteiger partial charge in [0.25, 0.3) is 0 Å². The third-order valence-electron chi connectivity index (χ3n) is 2.88. The number of rotatable bonds is 7. The van der Waals surface area contributed by atoms with E-state index in [-0.39, 0.29) is 11.9 Å². The molecule has 1 N–H and O–H groups in total. The summed E-state index contributed by atoms with van der Waals surface area (Å²) in [5.74, 6) is 0.532. The Morgan fingerprint density at radius 1 is 1.39 bits per heavy atom. The summed E-state index contributed by atoms with van der Waals surface area (Å²) in [6.45, 7) is 3.62. The van der Waals surface area contributed by atoms with E-state index in [2.05, 4.69) is 10.2 Å². The lowest BCUT2D eigenvalue weighted by Gasteiger charge is -2.17. The molecule has 0 aliphatic carbocycles. The Kier molecular flexibility index (Phi) is 6.09. The van der Waals surface area contributed by atoms with Crippen molar-refractivity contribution in [2.45, 2.75) is 19.4 Å². The minimum Gasteiger partial charge on any atom is -0.493 e. The van der Waals surface area contributed by atoms with Crippen molar-refractivity contribution in [3.05, 3.63) is 29.6 Å². The molecule has 0 saturated carbocycles. The fourth-order valence-electron chi connectivity index (χ4n) is 1.71. The summed E-state index contributed by atoms with van der Waals surface area (Å²) in [6, 6.07) is 4.74. The number of nitrogens with one attached hydrogen (secondary N) is 1. The highest BCUT2D eigenvalue weighted by Gasteiger charge is 2.11. The first-order valence-corrected chi connectivity index (χ1v) is 6.29. The van der Waals surface area contributed by atoms with Crippen molar-refractivity contribution in [1.82, 2.24) is 10.2 Å². The van der Waals surface area contributed by atoms with Crippen LogP contribution in [0.1, 0.15) is 24.9 Å². The predicted octanol–water partition coefficient (Wildman–Crippen LogP) is 2.44. The average molecular weight is 254 g/mol. The van der Waals surface area contributed by atoms with Gasteiger partial charge in [0, 0.05) is 18.2 Å². The van der Waals surface area contributed by atoms with Crippen LogP contribution in [0.3, 0.4) is 0 Å². The van der Waals surface area contributed by atoms with E-state index in [4.69, 9.17) is 4.74 Å². The second-order valence-electron chi connectivity index (χ2n) is 4.70. The van der Waals surface area contributed by atoms with E-state index < -0.39 is 0 Å². The highest BCUT2D eigenvalue weighted by molar-refractivity contribution is 5.36. The molecular formula is C14H23FN2O. The molecule has 1 atom stereocenters. The van der Waals surface area contributed by atoms with E-state index in [1.807, 2.05) is 28.1 Å². The van der Waals surface area contributed by atoms with Gasteiger partial charge in [-0.3, -0.25) is 0 Å². The summed E-state index contributed by atoms with van der Waals surface area (Å²) in [5, 5.41) is 3.10. The first-order chi connectivity index (χ1) is 8.54. The lowest BCUT2D eigenvalue weighted by atomic mass is 10.1. The zero-order chi connectivity index (χ0) is 13.5. The second-order valence-corrected chi connectivity index (χ2v) is 4.70. The number of halogens is 1. The minimum atomic E-state index is -0.229. The Bertz CT molecular complexity index is 369. The molecule has 1 unspecified atom stereocenters. The fourth-order valence-corrected chi connectivity index (χ4v) is 1.71. The molecule has 1 aromatic carbocycles. The van der Waals surface area contributed by atoms with Gasteiger partial charge >= 0.3 is 0 Å². The highest BCUT2D eigenvalue weighted by atomic mass is 19.1. The van der Waals surface area contributed by atoms with Crippen LogP contribution in [0.2, 0.25) is 0 Å². The molecule has 4 heteroatoms.